The first kappa shape index (κ1) is 20.0. The maximum atomic E-state index is 13.0. The summed E-state index contributed by atoms with van der Waals surface area (Å²) in [7, 11) is 0. The van der Waals surface area contributed by atoms with Gasteiger partial charge < -0.3 is 9.63 Å². The number of nitrogens with zero attached hydrogens (tertiary/aromatic N) is 3. The van der Waals surface area contributed by atoms with E-state index in [0.717, 1.165) is 10.5 Å². The zero-order valence-electron chi connectivity index (χ0n) is 16.6. The molecule has 1 fully saturated rings. The molecule has 1 aliphatic heterocycles. The molecule has 1 aliphatic rings. The fraction of sp³-hybridized carbons (Fsp3) is 0.136. The molecule has 0 aliphatic carbocycles. The molecule has 0 bridgehead atoms. The average Bonchev–Trinajstić information content (AvgIpc) is 3.29. The standard InChI is InChI=1S/C22H17N3O6/c1-12-6-8-14(9-7-12)20(26)18-19(15-4-3-5-16(11-15)25(29)30)24(22(28)21(18)27)17-10-13(2)31-23-17/h3-11,19,26H,1-2H3/b20-18+/t19-/m0/s1. The number of nitro groups is 1. The van der Waals surface area contributed by atoms with Crippen molar-refractivity contribution in [3.63, 3.8) is 0 Å². The minimum Gasteiger partial charge on any atom is -0.507 e. The summed E-state index contributed by atoms with van der Waals surface area (Å²) in [6.45, 7) is 3.50. The number of hydrogen-bond acceptors (Lipinski definition) is 7. The van der Waals surface area contributed by atoms with E-state index in [9.17, 15) is 24.8 Å². The molecule has 3 aromatic rings. The number of hydrogen-bond donors (Lipinski definition) is 1. The molecule has 1 N–H and O–H groups in total. The number of ketones is 1. The van der Waals surface area contributed by atoms with Crippen LogP contribution >= 0.6 is 0 Å². The van der Waals surface area contributed by atoms with Crippen LogP contribution in [0.5, 0.6) is 0 Å². The molecule has 1 amide bonds. The molecule has 0 radical (unpaired) electrons. The number of amides is 1. The first-order valence-corrected chi connectivity index (χ1v) is 9.33. The van der Waals surface area contributed by atoms with Gasteiger partial charge in [0.05, 0.1) is 16.5 Å². The lowest BCUT2D eigenvalue weighted by Crippen LogP contribution is -2.29. The van der Waals surface area contributed by atoms with Crippen molar-refractivity contribution >= 4 is 29.0 Å². The fourth-order valence-electron chi connectivity index (χ4n) is 3.53. The third-order valence-electron chi connectivity index (χ3n) is 5.03. The van der Waals surface area contributed by atoms with E-state index < -0.39 is 22.7 Å². The van der Waals surface area contributed by atoms with Crippen LogP contribution in [0.3, 0.4) is 0 Å². The summed E-state index contributed by atoms with van der Waals surface area (Å²) in [6, 6.07) is 12.7. The van der Waals surface area contributed by atoms with E-state index in [2.05, 4.69) is 5.16 Å². The van der Waals surface area contributed by atoms with Crippen LogP contribution in [0.25, 0.3) is 5.76 Å². The number of non-ortho nitro benzene ring substituents is 1. The summed E-state index contributed by atoms with van der Waals surface area (Å²) in [6.07, 6.45) is 0. The van der Waals surface area contributed by atoms with Crippen LogP contribution in [-0.4, -0.2) is 26.9 Å². The summed E-state index contributed by atoms with van der Waals surface area (Å²) < 4.78 is 5.06. The molecule has 9 nitrogen and oxygen atoms in total. The Morgan fingerprint density at radius 1 is 1.13 bits per heavy atom. The van der Waals surface area contributed by atoms with Crippen LogP contribution in [0.4, 0.5) is 11.5 Å². The Morgan fingerprint density at radius 3 is 2.45 bits per heavy atom. The van der Waals surface area contributed by atoms with Crippen LogP contribution in [0.2, 0.25) is 0 Å². The molecule has 1 saturated heterocycles. The highest BCUT2D eigenvalue weighted by Crippen LogP contribution is 2.42. The number of carbonyl (C=O) groups is 2. The molecule has 0 unspecified atom stereocenters. The second-order valence-corrected chi connectivity index (χ2v) is 7.18. The molecule has 4 rings (SSSR count). The van der Waals surface area contributed by atoms with E-state index >= 15 is 0 Å². The zero-order valence-corrected chi connectivity index (χ0v) is 16.6. The number of rotatable bonds is 4. The minimum atomic E-state index is -1.12. The molecule has 9 heteroatoms. The lowest BCUT2D eigenvalue weighted by atomic mass is 9.94. The topological polar surface area (TPSA) is 127 Å². The highest BCUT2D eigenvalue weighted by Gasteiger charge is 2.48. The molecule has 156 valence electrons. The Morgan fingerprint density at radius 2 is 1.84 bits per heavy atom. The zero-order chi connectivity index (χ0) is 22.3. The van der Waals surface area contributed by atoms with Gasteiger partial charge in [0.1, 0.15) is 11.5 Å². The molecular formula is C22H17N3O6. The number of aliphatic hydroxyl groups is 1. The van der Waals surface area contributed by atoms with Crippen molar-refractivity contribution in [3.05, 3.63) is 92.7 Å². The first-order valence-electron chi connectivity index (χ1n) is 9.33. The predicted octanol–water partition coefficient (Wildman–Crippen LogP) is 3.83. The second kappa shape index (κ2) is 7.52. The van der Waals surface area contributed by atoms with Gasteiger partial charge >= 0.3 is 5.91 Å². The molecular weight excluding hydrogens is 402 g/mol. The summed E-state index contributed by atoms with van der Waals surface area (Å²) in [5, 5.41) is 26.1. The maximum Gasteiger partial charge on any atom is 0.301 e. The quantitative estimate of drug-likeness (QED) is 0.224. The Labute approximate surface area is 176 Å². The normalized spacial score (nSPS) is 17.9. The summed E-state index contributed by atoms with van der Waals surface area (Å²) in [5.74, 6) is -1.74. The minimum absolute atomic E-state index is 0.0686. The third-order valence-corrected chi connectivity index (χ3v) is 5.03. The molecule has 1 aromatic heterocycles. The van der Waals surface area contributed by atoms with E-state index in [1.54, 1.807) is 37.3 Å². The number of aromatic nitrogens is 1. The first-order chi connectivity index (χ1) is 14.8. The number of aryl methyl sites for hydroxylation is 2. The predicted molar refractivity (Wildman–Crippen MR) is 110 cm³/mol. The summed E-state index contributed by atoms with van der Waals surface area (Å²) in [5.41, 5.74) is 1.17. The van der Waals surface area contributed by atoms with Gasteiger partial charge in [-0.1, -0.05) is 47.1 Å². The average molecular weight is 419 g/mol. The Balaban J connectivity index is 1.96. The van der Waals surface area contributed by atoms with Gasteiger partial charge in [-0.15, -0.1) is 0 Å². The van der Waals surface area contributed by atoms with Crippen molar-refractivity contribution in [2.75, 3.05) is 4.90 Å². The molecule has 0 spiro atoms. The van der Waals surface area contributed by atoms with Crippen molar-refractivity contribution in [2.24, 2.45) is 0 Å². The second-order valence-electron chi connectivity index (χ2n) is 7.18. The largest absolute Gasteiger partial charge is 0.507 e. The monoisotopic (exact) mass is 419 g/mol. The van der Waals surface area contributed by atoms with E-state index in [0.29, 0.717) is 11.3 Å². The SMILES string of the molecule is Cc1ccc(/C(O)=C2\C(=O)C(=O)N(c3cc(C)on3)[C@H]2c2cccc([N+](=O)[O-])c2)cc1. The van der Waals surface area contributed by atoms with Crippen LogP contribution in [0, 0.1) is 24.0 Å². The van der Waals surface area contributed by atoms with Gasteiger partial charge in [0.15, 0.2) is 5.82 Å². The van der Waals surface area contributed by atoms with Gasteiger partial charge in [0.25, 0.3) is 11.5 Å². The lowest BCUT2D eigenvalue weighted by Gasteiger charge is -2.22. The van der Waals surface area contributed by atoms with Crippen LogP contribution < -0.4 is 4.90 Å². The van der Waals surface area contributed by atoms with Gasteiger partial charge in [0, 0.05) is 23.8 Å². The van der Waals surface area contributed by atoms with E-state index in [1.807, 2.05) is 6.92 Å². The number of anilines is 1. The van der Waals surface area contributed by atoms with Crippen molar-refractivity contribution in [1.29, 1.82) is 0 Å². The van der Waals surface area contributed by atoms with Gasteiger partial charge in [-0.25, -0.2) is 0 Å². The van der Waals surface area contributed by atoms with Crippen molar-refractivity contribution in [2.45, 2.75) is 19.9 Å². The van der Waals surface area contributed by atoms with Gasteiger partial charge in [-0.3, -0.25) is 24.6 Å². The highest BCUT2D eigenvalue weighted by molar-refractivity contribution is 6.51. The van der Waals surface area contributed by atoms with E-state index in [-0.39, 0.29) is 28.4 Å². The van der Waals surface area contributed by atoms with Gasteiger partial charge in [-0.2, -0.15) is 0 Å². The maximum absolute atomic E-state index is 13.0. The Hall–Kier alpha value is -4.27. The number of aliphatic hydroxyl groups excluding tert-OH is 1. The molecule has 31 heavy (non-hydrogen) atoms. The number of nitro benzene ring substituents is 1. The molecule has 0 saturated carbocycles. The molecule has 2 aromatic carbocycles. The van der Waals surface area contributed by atoms with E-state index in [1.165, 1.54) is 24.3 Å². The number of Topliss-reactive ketones (excluding diaryl/α,β-unsaturated/α-hetero) is 1. The summed E-state index contributed by atoms with van der Waals surface area (Å²) >= 11 is 0. The number of benzene rings is 2. The van der Waals surface area contributed by atoms with Gasteiger partial charge in [0.2, 0.25) is 0 Å². The molecule has 2 heterocycles. The Bertz CT molecular complexity index is 1240. The lowest BCUT2D eigenvalue weighted by molar-refractivity contribution is -0.384. The highest BCUT2D eigenvalue weighted by atomic mass is 16.6. The van der Waals surface area contributed by atoms with Crippen LogP contribution in [0.15, 0.2) is 64.7 Å². The molecule has 1 atom stereocenters. The van der Waals surface area contributed by atoms with Crippen molar-refractivity contribution in [3.8, 4) is 0 Å². The summed E-state index contributed by atoms with van der Waals surface area (Å²) in [4.78, 5) is 37.7. The number of carbonyl (C=O) groups excluding carboxylic acids is 2. The van der Waals surface area contributed by atoms with Gasteiger partial charge in [-0.05, 0) is 19.4 Å². The third kappa shape index (κ3) is 3.46. The van der Waals surface area contributed by atoms with Crippen molar-refractivity contribution < 1.29 is 24.1 Å². The fourth-order valence-corrected chi connectivity index (χ4v) is 3.53. The smallest absolute Gasteiger partial charge is 0.301 e. The van der Waals surface area contributed by atoms with Crippen LogP contribution in [0.1, 0.15) is 28.5 Å². The Kier molecular flexibility index (Phi) is 4.86. The van der Waals surface area contributed by atoms with E-state index in [4.69, 9.17) is 4.52 Å². The van der Waals surface area contributed by atoms with Crippen LogP contribution in [-0.2, 0) is 9.59 Å². The van der Waals surface area contributed by atoms with Crippen molar-refractivity contribution in [1.82, 2.24) is 5.16 Å².